The summed E-state index contributed by atoms with van der Waals surface area (Å²) in [6.07, 6.45) is 3.87. The zero-order valence-corrected chi connectivity index (χ0v) is 13.5. The Morgan fingerprint density at radius 3 is 3.05 bits per heavy atom. The summed E-state index contributed by atoms with van der Waals surface area (Å²) < 4.78 is 15.1. The molecule has 1 N–H and O–H groups in total. The summed E-state index contributed by atoms with van der Waals surface area (Å²) in [4.78, 5) is 4.54. The van der Waals surface area contributed by atoms with Crippen LogP contribution >= 0.6 is 15.9 Å². The van der Waals surface area contributed by atoms with Crippen molar-refractivity contribution in [3.8, 4) is 0 Å². The monoisotopic (exact) mass is 348 g/mol. The zero-order chi connectivity index (χ0) is 14.8. The van der Waals surface area contributed by atoms with Gasteiger partial charge >= 0.3 is 0 Å². The van der Waals surface area contributed by atoms with E-state index in [0.29, 0.717) is 0 Å². The topological polar surface area (TPSA) is 24.9 Å². The smallest absolute Gasteiger partial charge is 0.129 e. The number of aromatic nitrogens is 1. The number of hydrogen-bond acceptors (Lipinski definition) is 2. The number of aryl methyl sites for hydroxylation is 1. The van der Waals surface area contributed by atoms with E-state index in [1.54, 1.807) is 0 Å². The highest BCUT2D eigenvalue weighted by Crippen LogP contribution is 2.41. The summed E-state index contributed by atoms with van der Waals surface area (Å²) >= 11 is 3.32. The second-order valence-corrected chi connectivity index (χ2v) is 6.31. The number of halogens is 2. The highest BCUT2D eigenvalue weighted by molar-refractivity contribution is 9.10. The predicted molar refractivity (Wildman–Crippen MR) is 85.8 cm³/mol. The van der Waals surface area contributed by atoms with Crippen LogP contribution in [0.5, 0.6) is 0 Å². The normalized spacial score (nSPS) is 18.5. The molecule has 0 saturated heterocycles. The van der Waals surface area contributed by atoms with Crippen molar-refractivity contribution in [3.63, 3.8) is 0 Å². The Hall–Kier alpha value is -1.26. The molecule has 4 heteroatoms. The fraction of sp³-hybridized carbons (Fsp3) is 0.353. The number of rotatable bonds is 4. The number of nitrogens with one attached hydrogen (secondary N) is 1. The molecule has 2 nitrogen and oxygen atoms in total. The number of nitrogens with zero attached hydrogens (tertiary/aromatic N) is 1. The highest BCUT2D eigenvalue weighted by Gasteiger charge is 2.32. The molecule has 2 aromatic rings. The number of hydrogen-bond donors (Lipinski definition) is 1. The second kappa shape index (κ2) is 6.24. The van der Waals surface area contributed by atoms with Crippen LogP contribution in [0.25, 0.3) is 0 Å². The van der Waals surface area contributed by atoms with E-state index in [9.17, 15) is 4.39 Å². The molecule has 0 bridgehead atoms. The van der Waals surface area contributed by atoms with Gasteiger partial charge in [-0.25, -0.2) is 4.39 Å². The average Bonchev–Trinajstić information content (AvgIpc) is 2.89. The first-order chi connectivity index (χ1) is 10.2. The third-order valence-corrected chi connectivity index (χ3v) is 4.62. The summed E-state index contributed by atoms with van der Waals surface area (Å²) in [5.74, 6) is 0.0662. The Balaban J connectivity index is 1.99. The number of benzene rings is 1. The summed E-state index contributed by atoms with van der Waals surface area (Å²) in [5, 5.41) is 3.45. The van der Waals surface area contributed by atoms with Crippen molar-refractivity contribution in [1.82, 2.24) is 10.3 Å². The van der Waals surface area contributed by atoms with E-state index in [2.05, 4.69) is 39.2 Å². The van der Waals surface area contributed by atoms with E-state index in [4.69, 9.17) is 0 Å². The van der Waals surface area contributed by atoms with Gasteiger partial charge in [-0.1, -0.05) is 35.0 Å². The maximum atomic E-state index is 14.4. The van der Waals surface area contributed by atoms with Crippen LogP contribution in [0.15, 0.2) is 41.0 Å². The van der Waals surface area contributed by atoms with Crippen LogP contribution in [0.2, 0.25) is 0 Å². The molecule has 0 fully saturated rings. The molecule has 1 aliphatic carbocycles. The van der Waals surface area contributed by atoms with Crippen LogP contribution in [0.1, 0.15) is 42.1 Å². The first-order valence-electron chi connectivity index (χ1n) is 7.32. The van der Waals surface area contributed by atoms with Gasteiger partial charge in [-0.3, -0.25) is 4.98 Å². The van der Waals surface area contributed by atoms with Crippen molar-refractivity contribution >= 4 is 15.9 Å². The van der Waals surface area contributed by atoms with Crippen LogP contribution in [-0.2, 0) is 6.42 Å². The minimum Gasteiger partial charge on any atom is -0.310 e. The minimum absolute atomic E-state index is 0.0285. The van der Waals surface area contributed by atoms with Crippen molar-refractivity contribution in [2.24, 2.45) is 0 Å². The fourth-order valence-electron chi connectivity index (χ4n) is 3.21. The number of pyridine rings is 1. The molecule has 0 amide bonds. The van der Waals surface area contributed by atoms with Gasteiger partial charge in [-0.05, 0) is 43.1 Å². The van der Waals surface area contributed by atoms with Gasteiger partial charge in [0, 0.05) is 33.9 Å². The molecule has 1 aromatic carbocycles. The molecule has 0 aliphatic heterocycles. The van der Waals surface area contributed by atoms with Crippen LogP contribution in [0.4, 0.5) is 4.39 Å². The van der Waals surface area contributed by atoms with Crippen LogP contribution < -0.4 is 5.32 Å². The Labute approximate surface area is 132 Å². The number of fused-ring (bicyclic) bond motifs is 1. The lowest BCUT2D eigenvalue weighted by Gasteiger charge is -2.25. The van der Waals surface area contributed by atoms with Gasteiger partial charge in [0.1, 0.15) is 5.82 Å². The first kappa shape index (κ1) is 14.7. The third kappa shape index (κ3) is 2.87. The Kier molecular flexibility index (Phi) is 4.36. The van der Waals surface area contributed by atoms with Gasteiger partial charge in [0.2, 0.25) is 0 Å². The molecule has 1 aromatic heterocycles. The van der Waals surface area contributed by atoms with Gasteiger partial charge in [0.15, 0.2) is 0 Å². The van der Waals surface area contributed by atoms with E-state index in [1.807, 2.05) is 24.4 Å². The Morgan fingerprint density at radius 1 is 1.43 bits per heavy atom. The second-order valence-electron chi connectivity index (χ2n) is 5.39. The zero-order valence-electron chi connectivity index (χ0n) is 11.9. The lowest BCUT2D eigenvalue weighted by atomic mass is 9.90. The van der Waals surface area contributed by atoms with Crippen LogP contribution in [-0.4, -0.2) is 11.5 Å². The largest absolute Gasteiger partial charge is 0.310 e. The molecule has 110 valence electrons. The fourth-order valence-corrected chi connectivity index (χ4v) is 3.54. The lowest BCUT2D eigenvalue weighted by Crippen LogP contribution is -2.27. The van der Waals surface area contributed by atoms with E-state index < -0.39 is 0 Å². The maximum absolute atomic E-state index is 14.4. The molecular formula is C17H18BrFN2. The highest BCUT2D eigenvalue weighted by atomic mass is 79.9. The molecule has 0 spiro atoms. The predicted octanol–water partition coefficient (Wildman–Crippen LogP) is 4.36. The molecule has 0 radical (unpaired) electrons. The van der Waals surface area contributed by atoms with Crippen molar-refractivity contribution in [1.29, 1.82) is 0 Å². The van der Waals surface area contributed by atoms with E-state index in [1.165, 1.54) is 11.6 Å². The maximum Gasteiger partial charge on any atom is 0.129 e. The SMILES string of the molecule is CCNC(c1ccc(Br)cc1F)C1CCc2cccnc21. The summed E-state index contributed by atoms with van der Waals surface area (Å²) in [7, 11) is 0. The summed E-state index contributed by atoms with van der Waals surface area (Å²) in [6.45, 7) is 2.86. The van der Waals surface area contributed by atoms with E-state index in [-0.39, 0.29) is 17.8 Å². The molecule has 1 aliphatic rings. The van der Waals surface area contributed by atoms with Crippen molar-refractivity contribution < 1.29 is 4.39 Å². The van der Waals surface area contributed by atoms with Crippen LogP contribution in [0.3, 0.4) is 0 Å². The number of likely N-dealkylation sites (N-methyl/N-ethyl adjacent to an activating group) is 1. The molecule has 2 unspecified atom stereocenters. The van der Waals surface area contributed by atoms with Crippen LogP contribution in [0, 0.1) is 5.82 Å². The molecule has 2 atom stereocenters. The lowest BCUT2D eigenvalue weighted by molar-refractivity contribution is 0.429. The molecule has 1 heterocycles. The molecule has 3 rings (SSSR count). The first-order valence-corrected chi connectivity index (χ1v) is 8.12. The van der Waals surface area contributed by atoms with Gasteiger partial charge < -0.3 is 5.32 Å². The van der Waals surface area contributed by atoms with Gasteiger partial charge in [0.25, 0.3) is 0 Å². The Morgan fingerprint density at radius 2 is 2.29 bits per heavy atom. The quantitative estimate of drug-likeness (QED) is 0.887. The van der Waals surface area contributed by atoms with Gasteiger partial charge in [-0.15, -0.1) is 0 Å². The molecular weight excluding hydrogens is 331 g/mol. The van der Waals surface area contributed by atoms with Gasteiger partial charge in [0.05, 0.1) is 0 Å². The van der Waals surface area contributed by atoms with E-state index >= 15 is 0 Å². The minimum atomic E-state index is -0.167. The molecule has 21 heavy (non-hydrogen) atoms. The standard InChI is InChI=1S/C17H18BrFN2/c1-2-20-17(13-8-6-12(18)10-15(13)19)14-7-5-11-4-3-9-21-16(11)14/h3-4,6,8-10,14,17,20H,2,5,7H2,1H3. The molecule has 0 saturated carbocycles. The Bertz CT molecular complexity index is 644. The van der Waals surface area contributed by atoms with E-state index in [0.717, 1.165) is 35.1 Å². The third-order valence-electron chi connectivity index (χ3n) is 4.13. The summed E-state index contributed by atoms with van der Waals surface area (Å²) in [5.41, 5.74) is 3.14. The van der Waals surface area contributed by atoms with Crippen molar-refractivity contribution in [3.05, 3.63) is 63.6 Å². The van der Waals surface area contributed by atoms with Crippen molar-refractivity contribution in [2.75, 3.05) is 6.54 Å². The van der Waals surface area contributed by atoms with Gasteiger partial charge in [-0.2, -0.15) is 0 Å². The van der Waals surface area contributed by atoms with Crippen molar-refractivity contribution in [2.45, 2.75) is 31.7 Å². The average molecular weight is 349 g/mol. The summed E-state index contributed by atoms with van der Waals surface area (Å²) in [6, 6.07) is 9.38.